The molecule has 0 aliphatic rings. The first kappa shape index (κ1) is 15.5. The maximum Gasteiger partial charge on any atom is 0.416 e. The topological polar surface area (TPSA) is 21.3 Å². The summed E-state index contributed by atoms with van der Waals surface area (Å²) in [5.74, 6) is -0.926. The van der Waals surface area contributed by atoms with E-state index >= 15 is 0 Å². The van der Waals surface area contributed by atoms with Crippen LogP contribution in [-0.4, -0.2) is 0 Å². The molecule has 0 aliphatic heterocycles. The maximum absolute atomic E-state index is 13.2. The number of nitrogens with one attached hydrogen (secondary N) is 1. The molecule has 0 fully saturated rings. The van der Waals surface area contributed by atoms with Crippen molar-refractivity contribution < 1.29 is 22.4 Å². The second kappa shape index (κ2) is 6.69. The summed E-state index contributed by atoms with van der Waals surface area (Å²) in [7, 11) is 0. The van der Waals surface area contributed by atoms with Crippen LogP contribution in [0.1, 0.15) is 16.7 Å². The molecular formula is C15H13F4NO. The van der Waals surface area contributed by atoms with Crippen LogP contribution < -0.4 is 5.48 Å². The molecule has 1 N–H and O–H groups in total. The van der Waals surface area contributed by atoms with Crippen molar-refractivity contribution in [2.24, 2.45) is 0 Å². The predicted molar refractivity (Wildman–Crippen MR) is 69.5 cm³/mol. The van der Waals surface area contributed by atoms with Gasteiger partial charge in [0.25, 0.3) is 0 Å². The van der Waals surface area contributed by atoms with Crippen LogP contribution in [-0.2, 0) is 24.2 Å². The van der Waals surface area contributed by atoms with Crippen LogP contribution in [0.15, 0.2) is 48.5 Å². The van der Waals surface area contributed by atoms with Crippen molar-refractivity contribution in [2.45, 2.75) is 19.3 Å². The van der Waals surface area contributed by atoms with E-state index < -0.39 is 17.6 Å². The zero-order valence-corrected chi connectivity index (χ0v) is 11.0. The van der Waals surface area contributed by atoms with Gasteiger partial charge in [0.1, 0.15) is 5.82 Å². The molecule has 0 amide bonds. The molecule has 0 heterocycles. The Kier molecular flexibility index (Phi) is 4.93. The summed E-state index contributed by atoms with van der Waals surface area (Å²) in [6.07, 6.45) is -4.57. The highest BCUT2D eigenvalue weighted by molar-refractivity contribution is 5.26. The Bertz CT molecular complexity index is 584. The molecule has 0 aliphatic carbocycles. The highest BCUT2D eigenvalue weighted by Crippen LogP contribution is 2.30. The van der Waals surface area contributed by atoms with Crippen LogP contribution in [0.2, 0.25) is 0 Å². The van der Waals surface area contributed by atoms with Gasteiger partial charge in [0, 0.05) is 6.54 Å². The fraction of sp³-hybridized carbons (Fsp3) is 0.200. The van der Waals surface area contributed by atoms with E-state index in [0.717, 1.165) is 17.7 Å². The molecule has 0 aromatic heterocycles. The SMILES string of the molecule is Fc1cc(CNOCc2ccccc2)cc(C(F)(F)F)c1. The van der Waals surface area contributed by atoms with E-state index in [1.54, 1.807) is 0 Å². The van der Waals surface area contributed by atoms with E-state index in [4.69, 9.17) is 4.84 Å². The lowest BCUT2D eigenvalue weighted by atomic mass is 10.1. The van der Waals surface area contributed by atoms with Crippen molar-refractivity contribution in [1.82, 2.24) is 5.48 Å². The average Bonchev–Trinajstić information content (AvgIpc) is 2.43. The summed E-state index contributed by atoms with van der Waals surface area (Å²) in [6, 6.07) is 11.7. The quantitative estimate of drug-likeness (QED) is 0.510. The van der Waals surface area contributed by atoms with E-state index in [-0.39, 0.29) is 18.7 Å². The average molecular weight is 299 g/mol. The van der Waals surface area contributed by atoms with Crippen LogP contribution in [0.3, 0.4) is 0 Å². The lowest BCUT2D eigenvalue weighted by Gasteiger charge is -2.10. The molecule has 2 rings (SSSR count). The smallest absolute Gasteiger partial charge is 0.297 e. The number of hydrogen-bond acceptors (Lipinski definition) is 2. The minimum Gasteiger partial charge on any atom is -0.297 e. The summed E-state index contributed by atoms with van der Waals surface area (Å²) in [5.41, 5.74) is 2.59. The molecule has 0 unspecified atom stereocenters. The Morgan fingerprint density at radius 1 is 0.952 bits per heavy atom. The van der Waals surface area contributed by atoms with Crippen LogP contribution >= 0.6 is 0 Å². The molecule has 0 radical (unpaired) electrons. The monoisotopic (exact) mass is 299 g/mol. The lowest BCUT2D eigenvalue weighted by molar-refractivity contribution is -0.137. The van der Waals surface area contributed by atoms with Gasteiger partial charge in [-0.05, 0) is 29.3 Å². The molecule has 6 heteroatoms. The summed E-state index contributed by atoms with van der Waals surface area (Å²) in [4.78, 5) is 5.14. The van der Waals surface area contributed by atoms with Gasteiger partial charge < -0.3 is 0 Å². The first-order valence-electron chi connectivity index (χ1n) is 6.20. The normalized spacial score (nSPS) is 11.6. The third kappa shape index (κ3) is 4.84. The molecule has 0 atom stereocenters. The third-order valence-corrected chi connectivity index (χ3v) is 2.74. The Balaban J connectivity index is 1.90. The zero-order chi connectivity index (χ0) is 15.3. The fourth-order valence-corrected chi connectivity index (χ4v) is 1.76. The summed E-state index contributed by atoms with van der Waals surface area (Å²) < 4.78 is 50.8. The fourth-order valence-electron chi connectivity index (χ4n) is 1.76. The van der Waals surface area contributed by atoms with Gasteiger partial charge in [-0.1, -0.05) is 30.3 Å². The van der Waals surface area contributed by atoms with Crippen LogP contribution in [0.4, 0.5) is 17.6 Å². The van der Waals surface area contributed by atoms with Gasteiger partial charge in [-0.15, -0.1) is 0 Å². The first-order valence-corrected chi connectivity index (χ1v) is 6.20. The second-order valence-corrected chi connectivity index (χ2v) is 4.44. The van der Waals surface area contributed by atoms with Crippen molar-refractivity contribution in [3.8, 4) is 0 Å². The molecule has 2 nitrogen and oxygen atoms in total. The first-order chi connectivity index (χ1) is 9.95. The molecule has 0 bridgehead atoms. The van der Waals surface area contributed by atoms with E-state index in [1.807, 2.05) is 30.3 Å². The van der Waals surface area contributed by atoms with E-state index in [1.165, 1.54) is 0 Å². The Morgan fingerprint density at radius 2 is 1.67 bits per heavy atom. The summed E-state index contributed by atoms with van der Waals surface area (Å²) in [6.45, 7) is 0.246. The van der Waals surface area contributed by atoms with Gasteiger partial charge in [-0.25, -0.2) is 4.39 Å². The lowest BCUT2D eigenvalue weighted by Crippen LogP contribution is -2.15. The van der Waals surface area contributed by atoms with Crippen molar-refractivity contribution in [3.63, 3.8) is 0 Å². The van der Waals surface area contributed by atoms with Gasteiger partial charge in [0.05, 0.1) is 12.2 Å². The minimum atomic E-state index is -4.57. The molecular weight excluding hydrogens is 286 g/mol. The predicted octanol–water partition coefficient (Wildman–Crippen LogP) is 4.07. The van der Waals surface area contributed by atoms with Crippen LogP contribution in [0, 0.1) is 5.82 Å². The van der Waals surface area contributed by atoms with Gasteiger partial charge in [0.2, 0.25) is 0 Å². The number of hydroxylamine groups is 1. The number of benzene rings is 2. The maximum atomic E-state index is 13.2. The Labute approximate surface area is 119 Å². The van der Waals surface area contributed by atoms with Crippen molar-refractivity contribution in [1.29, 1.82) is 0 Å². The number of hydrogen-bond donors (Lipinski definition) is 1. The van der Waals surface area contributed by atoms with E-state index in [9.17, 15) is 17.6 Å². The number of alkyl halides is 3. The van der Waals surface area contributed by atoms with Gasteiger partial charge in [-0.2, -0.15) is 18.7 Å². The summed E-state index contributed by atoms with van der Waals surface area (Å²) in [5, 5.41) is 0. The summed E-state index contributed by atoms with van der Waals surface area (Å²) >= 11 is 0. The zero-order valence-electron chi connectivity index (χ0n) is 11.0. The molecule has 21 heavy (non-hydrogen) atoms. The van der Waals surface area contributed by atoms with Crippen molar-refractivity contribution >= 4 is 0 Å². The number of rotatable bonds is 5. The van der Waals surface area contributed by atoms with Gasteiger partial charge in [0.15, 0.2) is 0 Å². The third-order valence-electron chi connectivity index (χ3n) is 2.74. The van der Waals surface area contributed by atoms with Crippen molar-refractivity contribution in [2.75, 3.05) is 0 Å². The largest absolute Gasteiger partial charge is 0.416 e. The van der Waals surface area contributed by atoms with E-state index in [2.05, 4.69) is 5.48 Å². The molecule has 2 aromatic rings. The van der Waals surface area contributed by atoms with Gasteiger partial charge in [-0.3, -0.25) is 4.84 Å². The molecule has 0 saturated heterocycles. The molecule has 0 spiro atoms. The molecule has 0 saturated carbocycles. The van der Waals surface area contributed by atoms with Crippen molar-refractivity contribution in [3.05, 3.63) is 71.0 Å². The van der Waals surface area contributed by atoms with Crippen LogP contribution in [0.25, 0.3) is 0 Å². The van der Waals surface area contributed by atoms with E-state index in [0.29, 0.717) is 6.07 Å². The van der Waals surface area contributed by atoms with Crippen LogP contribution in [0.5, 0.6) is 0 Å². The molecule has 2 aromatic carbocycles. The Morgan fingerprint density at radius 3 is 2.33 bits per heavy atom. The highest BCUT2D eigenvalue weighted by atomic mass is 19.4. The Hall–Kier alpha value is -1.92. The van der Waals surface area contributed by atoms with Gasteiger partial charge >= 0.3 is 6.18 Å². The number of halogens is 4. The highest BCUT2D eigenvalue weighted by Gasteiger charge is 2.31. The molecule has 112 valence electrons. The second-order valence-electron chi connectivity index (χ2n) is 4.44. The standard InChI is InChI=1S/C15H13F4NO/c16-14-7-12(6-13(8-14)15(17,18)19)9-20-21-10-11-4-2-1-3-5-11/h1-8,20H,9-10H2. The minimum absolute atomic E-state index is 0.0202.